The molecule has 0 amide bonds. The Hall–Kier alpha value is 0.300. The third kappa shape index (κ3) is 4.01. The van der Waals surface area contributed by atoms with Gasteiger partial charge in [-0.2, -0.15) is 0 Å². The monoisotopic (exact) mass is 229 g/mol. The topological polar surface area (TPSA) is 26.0 Å². The predicted octanol–water partition coefficient (Wildman–Crippen LogP) is 2.69. The Morgan fingerprint density at radius 3 is 2.00 bits per heavy atom. The van der Waals surface area contributed by atoms with Crippen LogP contribution in [0.4, 0.5) is 5.69 Å². The first-order valence-corrected chi connectivity index (χ1v) is 3.37. The molecule has 0 radical (unpaired) electrons. The van der Waals surface area contributed by atoms with E-state index < -0.39 is 0 Å². The maximum Gasteiger partial charge on any atom is 0.0460 e. The Morgan fingerprint density at radius 2 is 1.64 bits per heavy atom. The molecule has 2 N–H and O–H groups in total. The molecule has 0 saturated heterocycles. The molecule has 0 heterocycles. The van der Waals surface area contributed by atoms with Crippen LogP contribution in [0.3, 0.4) is 0 Å². The molecule has 1 nitrogen and oxygen atoms in total. The van der Waals surface area contributed by atoms with Crippen molar-refractivity contribution in [2.75, 3.05) is 5.73 Å². The lowest BCUT2D eigenvalue weighted by Crippen LogP contribution is -1.85. The molecule has 64 valence electrons. The quantitative estimate of drug-likeness (QED) is 0.463. The van der Waals surface area contributed by atoms with Gasteiger partial charge in [-0.25, -0.2) is 0 Å². The summed E-state index contributed by atoms with van der Waals surface area (Å²) < 4.78 is 0. The molecule has 0 saturated carbocycles. The fourth-order valence-corrected chi connectivity index (χ4v) is 0.895. The van der Waals surface area contributed by atoms with Crippen molar-refractivity contribution in [1.82, 2.24) is 0 Å². The van der Waals surface area contributed by atoms with E-state index in [0.29, 0.717) is 5.69 Å². The average molecular weight is 230 g/mol. The Kier molecular flexibility index (Phi) is 7.42. The lowest BCUT2D eigenvalue weighted by Gasteiger charge is -1.97. The van der Waals surface area contributed by atoms with Gasteiger partial charge >= 0.3 is 0 Å². The first-order valence-electron chi connectivity index (χ1n) is 2.47. The summed E-state index contributed by atoms with van der Waals surface area (Å²) in [6.07, 6.45) is 0. The van der Waals surface area contributed by atoms with Crippen LogP contribution < -0.4 is 5.73 Å². The molecule has 5 heteroatoms. The highest BCUT2D eigenvalue weighted by Gasteiger charge is 1.91. The summed E-state index contributed by atoms with van der Waals surface area (Å²) in [6, 6.07) is 5.44. The van der Waals surface area contributed by atoms with Crippen molar-refractivity contribution >= 4 is 55.8 Å². The van der Waals surface area contributed by atoms with Crippen molar-refractivity contribution in [3.05, 3.63) is 18.2 Å². The standard InChI is InChI=1S/C6H7NS2.2ClH/c7-5-3-4(8)1-2-6(5)9;;/h1-3,8-9H,7H2;2*1H. The van der Waals surface area contributed by atoms with Gasteiger partial charge in [-0.3, -0.25) is 0 Å². The second kappa shape index (κ2) is 5.89. The van der Waals surface area contributed by atoms with Crippen LogP contribution in [-0.4, -0.2) is 0 Å². The Morgan fingerprint density at radius 1 is 1.09 bits per heavy atom. The van der Waals surface area contributed by atoms with E-state index in [0.717, 1.165) is 9.79 Å². The number of thiol groups is 2. The molecule has 1 aromatic carbocycles. The van der Waals surface area contributed by atoms with Gasteiger partial charge in [0.2, 0.25) is 0 Å². The van der Waals surface area contributed by atoms with Crippen LogP contribution >= 0.6 is 50.1 Å². The molecular formula is C6H9Cl2NS2. The second-order valence-corrected chi connectivity index (χ2v) is 2.74. The van der Waals surface area contributed by atoms with Gasteiger partial charge in [-0.1, -0.05) is 0 Å². The minimum absolute atomic E-state index is 0. The Labute approximate surface area is 89.4 Å². The molecule has 0 spiro atoms. The number of rotatable bonds is 0. The van der Waals surface area contributed by atoms with Gasteiger partial charge in [0, 0.05) is 15.5 Å². The first kappa shape index (κ1) is 13.9. The first-order chi connectivity index (χ1) is 4.20. The van der Waals surface area contributed by atoms with Crippen molar-refractivity contribution in [2.45, 2.75) is 9.79 Å². The number of nitrogens with two attached hydrogens (primary N) is 1. The highest BCUT2D eigenvalue weighted by Crippen LogP contribution is 2.19. The molecule has 0 aliphatic rings. The maximum absolute atomic E-state index is 5.50. The zero-order valence-electron chi connectivity index (χ0n) is 5.52. The summed E-state index contributed by atoms with van der Waals surface area (Å²) in [5.41, 5.74) is 6.17. The van der Waals surface area contributed by atoms with Gasteiger partial charge in [-0.05, 0) is 18.2 Å². The minimum atomic E-state index is 0. The van der Waals surface area contributed by atoms with Crippen LogP contribution in [0, 0.1) is 0 Å². The Bertz CT molecular complexity index is 230. The highest BCUT2D eigenvalue weighted by molar-refractivity contribution is 7.80. The molecule has 0 fully saturated rings. The van der Waals surface area contributed by atoms with Gasteiger partial charge in [-0.15, -0.1) is 50.1 Å². The maximum atomic E-state index is 5.50. The molecule has 0 aliphatic heterocycles. The molecule has 0 bridgehead atoms. The van der Waals surface area contributed by atoms with E-state index in [2.05, 4.69) is 25.3 Å². The third-order valence-electron chi connectivity index (χ3n) is 1.01. The van der Waals surface area contributed by atoms with Gasteiger partial charge in [0.1, 0.15) is 0 Å². The highest BCUT2D eigenvalue weighted by atomic mass is 35.5. The lowest BCUT2D eigenvalue weighted by molar-refractivity contribution is 1.37. The third-order valence-corrected chi connectivity index (χ3v) is 1.70. The zero-order valence-corrected chi connectivity index (χ0v) is 8.94. The molecule has 11 heavy (non-hydrogen) atoms. The van der Waals surface area contributed by atoms with E-state index in [4.69, 9.17) is 5.73 Å². The van der Waals surface area contributed by atoms with Crippen molar-refractivity contribution in [3.63, 3.8) is 0 Å². The number of halogens is 2. The number of benzene rings is 1. The van der Waals surface area contributed by atoms with Crippen molar-refractivity contribution in [2.24, 2.45) is 0 Å². The smallest absolute Gasteiger partial charge is 0.0460 e. The van der Waals surface area contributed by atoms with E-state index in [9.17, 15) is 0 Å². The van der Waals surface area contributed by atoms with Gasteiger partial charge < -0.3 is 5.73 Å². The lowest BCUT2D eigenvalue weighted by atomic mass is 10.3. The normalized spacial score (nSPS) is 7.82. The number of hydrogen-bond donors (Lipinski definition) is 3. The number of hydrogen-bond acceptors (Lipinski definition) is 3. The van der Waals surface area contributed by atoms with Crippen LogP contribution in [0.2, 0.25) is 0 Å². The van der Waals surface area contributed by atoms with Crippen LogP contribution in [0.25, 0.3) is 0 Å². The van der Waals surface area contributed by atoms with E-state index in [1.807, 2.05) is 12.1 Å². The molecule has 0 unspecified atom stereocenters. The molecule has 1 aromatic rings. The Balaban J connectivity index is 0. The van der Waals surface area contributed by atoms with E-state index >= 15 is 0 Å². The molecule has 0 aliphatic carbocycles. The van der Waals surface area contributed by atoms with Crippen LogP contribution in [-0.2, 0) is 0 Å². The van der Waals surface area contributed by atoms with Gasteiger partial charge in [0.15, 0.2) is 0 Å². The molecule has 0 aromatic heterocycles. The number of anilines is 1. The fraction of sp³-hybridized carbons (Fsp3) is 0. The zero-order chi connectivity index (χ0) is 6.85. The number of nitrogen functional groups attached to an aromatic ring is 1. The molecule has 0 atom stereocenters. The summed E-state index contributed by atoms with van der Waals surface area (Å²) in [5, 5.41) is 0. The largest absolute Gasteiger partial charge is 0.398 e. The van der Waals surface area contributed by atoms with E-state index in [1.165, 1.54) is 0 Å². The average Bonchev–Trinajstić information content (AvgIpc) is 1.80. The van der Waals surface area contributed by atoms with E-state index in [-0.39, 0.29) is 24.8 Å². The minimum Gasteiger partial charge on any atom is -0.398 e. The van der Waals surface area contributed by atoms with Gasteiger partial charge in [0.25, 0.3) is 0 Å². The summed E-state index contributed by atoms with van der Waals surface area (Å²) in [7, 11) is 0. The molecular weight excluding hydrogens is 221 g/mol. The van der Waals surface area contributed by atoms with Crippen molar-refractivity contribution in [3.8, 4) is 0 Å². The second-order valence-electron chi connectivity index (χ2n) is 1.74. The van der Waals surface area contributed by atoms with E-state index in [1.54, 1.807) is 6.07 Å². The fourth-order valence-electron chi connectivity index (χ4n) is 0.542. The van der Waals surface area contributed by atoms with Crippen molar-refractivity contribution < 1.29 is 0 Å². The summed E-state index contributed by atoms with van der Waals surface area (Å²) >= 11 is 8.17. The SMILES string of the molecule is Cl.Cl.Nc1cc(S)ccc1S. The van der Waals surface area contributed by atoms with Crippen LogP contribution in [0.5, 0.6) is 0 Å². The van der Waals surface area contributed by atoms with Gasteiger partial charge in [0.05, 0.1) is 0 Å². The summed E-state index contributed by atoms with van der Waals surface area (Å²) in [6.45, 7) is 0. The van der Waals surface area contributed by atoms with Crippen molar-refractivity contribution in [1.29, 1.82) is 0 Å². The predicted molar refractivity (Wildman–Crippen MR) is 59.9 cm³/mol. The summed E-state index contributed by atoms with van der Waals surface area (Å²) in [5.74, 6) is 0. The molecule has 1 rings (SSSR count). The summed E-state index contributed by atoms with van der Waals surface area (Å²) in [4.78, 5) is 1.66. The van der Waals surface area contributed by atoms with Crippen LogP contribution in [0.1, 0.15) is 0 Å². The van der Waals surface area contributed by atoms with Crippen LogP contribution in [0.15, 0.2) is 28.0 Å².